The van der Waals surface area contributed by atoms with E-state index in [-0.39, 0.29) is 18.0 Å². The van der Waals surface area contributed by atoms with Crippen LogP contribution in [0.4, 0.5) is 0 Å². The van der Waals surface area contributed by atoms with Gasteiger partial charge < -0.3 is 9.64 Å². The average Bonchev–Trinajstić information content (AvgIpc) is 3.15. The van der Waals surface area contributed by atoms with Crippen molar-refractivity contribution in [3.05, 3.63) is 47.1 Å². The molecule has 1 aliphatic heterocycles. The minimum Gasteiger partial charge on any atom is -0.497 e. The van der Waals surface area contributed by atoms with Crippen LogP contribution in [-0.4, -0.2) is 50.3 Å². The summed E-state index contributed by atoms with van der Waals surface area (Å²) >= 11 is 0. The molecule has 0 unspecified atom stereocenters. The lowest BCUT2D eigenvalue weighted by Crippen LogP contribution is -2.41. The zero-order chi connectivity index (χ0) is 19.7. The Labute approximate surface area is 162 Å². The van der Waals surface area contributed by atoms with Gasteiger partial charge in [-0.2, -0.15) is 5.10 Å². The molecular formula is C20H23N5O3. The molecular weight excluding hydrogens is 358 g/mol. The Morgan fingerprint density at radius 2 is 1.93 bits per heavy atom. The minimum atomic E-state index is -0.261. The summed E-state index contributed by atoms with van der Waals surface area (Å²) in [6, 6.07) is 7.34. The van der Waals surface area contributed by atoms with Crippen LogP contribution in [0.25, 0.3) is 16.7 Å². The van der Waals surface area contributed by atoms with Crippen LogP contribution in [0.5, 0.6) is 5.75 Å². The Balaban J connectivity index is 1.59. The van der Waals surface area contributed by atoms with Crippen LogP contribution in [0.2, 0.25) is 0 Å². The summed E-state index contributed by atoms with van der Waals surface area (Å²) in [5.74, 6) is 1.34. The van der Waals surface area contributed by atoms with Crippen molar-refractivity contribution in [2.24, 2.45) is 5.92 Å². The van der Waals surface area contributed by atoms with E-state index >= 15 is 0 Å². The molecule has 1 fully saturated rings. The van der Waals surface area contributed by atoms with Gasteiger partial charge in [0.2, 0.25) is 5.91 Å². The first-order valence-electron chi connectivity index (χ1n) is 9.42. The van der Waals surface area contributed by atoms with Crippen LogP contribution < -0.4 is 10.3 Å². The maximum atomic E-state index is 12.8. The lowest BCUT2D eigenvalue weighted by atomic mass is 9.99. The Morgan fingerprint density at radius 3 is 2.61 bits per heavy atom. The normalized spacial score (nSPS) is 15.1. The quantitative estimate of drug-likeness (QED) is 0.689. The van der Waals surface area contributed by atoms with E-state index in [1.54, 1.807) is 11.8 Å². The molecule has 0 saturated carbocycles. The third-order valence-corrected chi connectivity index (χ3v) is 5.31. The molecule has 0 radical (unpaired) electrons. The third kappa shape index (κ3) is 3.37. The van der Waals surface area contributed by atoms with Crippen molar-refractivity contribution in [2.75, 3.05) is 20.2 Å². The number of ether oxygens (including phenoxy) is 1. The minimum absolute atomic E-state index is 0.00384. The Bertz CT molecular complexity index is 1050. The molecule has 3 aromatic rings. The monoisotopic (exact) mass is 381 g/mol. The number of benzene rings is 1. The van der Waals surface area contributed by atoms with Crippen LogP contribution in [0, 0.1) is 5.92 Å². The fourth-order valence-corrected chi connectivity index (χ4v) is 3.48. The predicted molar refractivity (Wildman–Crippen MR) is 105 cm³/mol. The van der Waals surface area contributed by atoms with Gasteiger partial charge in [0.1, 0.15) is 24.0 Å². The molecule has 1 amide bonds. The van der Waals surface area contributed by atoms with Gasteiger partial charge in [0.25, 0.3) is 5.56 Å². The summed E-state index contributed by atoms with van der Waals surface area (Å²) in [6.45, 7) is 3.70. The SMILES string of the molecule is COc1ccc(-n2ncc3c(=O)n(CC(=O)N4CCC(C)CC4)cnc32)cc1. The lowest BCUT2D eigenvalue weighted by molar-refractivity contribution is -0.133. The molecule has 2 aromatic heterocycles. The summed E-state index contributed by atoms with van der Waals surface area (Å²) in [7, 11) is 1.61. The molecule has 0 bridgehead atoms. The largest absolute Gasteiger partial charge is 0.497 e. The van der Waals surface area contributed by atoms with Crippen molar-refractivity contribution in [3.8, 4) is 11.4 Å². The lowest BCUT2D eigenvalue weighted by Gasteiger charge is -2.30. The fourth-order valence-electron chi connectivity index (χ4n) is 3.48. The molecule has 1 aromatic carbocycles. The molecule has 8 heteroatoms. The number of aromatic nitrogens is 4. The molecule has 0 N–H and O–H groups in total. The van der Waals surface area contributed by atoms with E-state index in [1.165, 1.54) is 17.1 Å². The summed E-state index contributed by atoms with van der Waals surface area (Å²) in [6.07, 6.45) is 4.94. The van der Waals surface area contributed by atoms with Crippen LogP contribution in [0.1, 0.15) is 19.8 Å². The van der Waals surface area contributed by atoms with Crippen molar-refractivity contribution in [1.29, 1.82) is 0 Å². The van der Waals surface area contributed by atoms with Gasteiger partial charge in [-0.15, -0.1) is 0 Å². The molecule has 0 aliphatic carbocycles. The Hall–Kier alpha value is -3.16. The van der Waals surface area contributed by atoms with Gasteiger partial charge in [-0.3, -0.25) is 14.2 Å². The average molecular weight is 381 g/mol. The number of hydrogen-bond acceptors (Lipinski definition) is 5. The number of carbonyl (C=O) groups excluding carboxylic acids is 1. The van der Waals surface area contributed by atoms with Crippen LogP contribution in [-0.2, 0) is 11.3 Å². The highest BCUT2D eigenvalue weighted by Crippen LogP contribution is 2.18. The second kappa shape index (κ2) is 7.46. The van der Waals surface area contributed by atoms with Crippen LogP contribution >= 0.6 is 0 Å². The van der Waals surface area contributed by atoms with E-state index in [1.807, 2.05) is 29.2 Å². The number of amides is 1. The number of piperidine rings is 1. The summed E-state index contributed by atoms with van der Waals surface area (Å²) < 4.78 is 8.14. The van der Waals surface area contributed by atoms with Gasteiger partial charge >= 0.3 is 0 Å². The number of carbonyl (C=O) groups is 1. The molecule has 146 valence electrons. The van der Waals surface area contributed by atoms with Gasteiger partial charge in [-0.1, -0.05) is 6.92 Å². The van der Waals surface area contributed by atoms with E-state index in [9.17, 15) is 9.59 Å². The van der Waals surface area contributed by atoms with Crippen LogP contribution in [0.15, 0.2) is 41.6 Å². The highest BCUT2D eigenvalue weighted by atomic mass is 16.5. The Morgan fingerprint density at radius 1 is 1.21 bits per heavy atom. The Kier molecular flexibility index (Phi) is 4.85. The van der Waals surface area contributed by atoms with Gasteiger partial charge in [0, 0.05) is 13.1 Å². The number of methoxy groups -OCH3 is 1. The number of fused-ring (bicyclic) bond motifs is 1. The van der Waals surface area contributed by atoms with Crippen molar-refractivity contribution >= 4 is 16.9 Å². The molecule has 3 heterocycles. The molecule has 1 aliphatic rings. The van der Waals surface area contributed by atoms with Crippen molar-refractivity contribution in [1.82, 2.24) is 24.2 Å². The van der Waals surface area contributed by atoms with Crippen LogP contribution in [0.3, 0.4) is 0 Å². The maximum Gasteiger partial charge on any atom is 0.264 e. The number of rotatable bonds is 4. The zero-order valence-corrected chi connectivity index (χ0v) is 16.0. The highest BCUT2D eigenvalue weighted by molar-refractivity contribution is 5.78. The zero-order valence-electron chi connectivity index (χ0n) is 16.0. The smallest absolute Gasteiger partial charge is 0.264 e. The first kappa shape index (κ1) is 18.2. The third-order valence-electron chi connectivity index (χ3n) is 5.31. The van der Waals surface area contributed by atoms with E-state index in [4.69, 9.17) is 4.74 Å². The van der Waals surface area contributed by atoms with Gasteiger partial charge in [-0.05, 0) is 43.0 Å². The molecule has 28 heavy (non-hydrogen) atoms. The van der Waals surface area contributed by atoms with Gasteiger partial charge in [0.15, 0.2) is 5.65 Å². The molecule has 0 spiro atoms. The highest BCUT2D eigenvalue weighted by Gasteiger charge is 2.21. The van der Waals surface area contributed by atoms with E-state index < -0.39 is 0 Å². The number of hydrogen-bond donors (Lipinski definition) is 0. The molecule has 4 rings (SSSR count). The van der Waals surface area contributed by atoms with E-state index in [2.05, 4.69) is 17.0 Å². The molecule has 0 atom stereocenters. The van der Waals surface area contributed by atoms with Gasteiger partial charge in [-0.25, -0.2) is 9.67 Å². The number of nitrogens with zero attached hydrogens (tertiary/aromatic N) is 5. The summed E-state index contributed by atoms with van der Waals surface area (Å²) in [5, 5.41) is 4.69. The summed E-state index contributed by atoms with van der Waals surface area (Å²) in [5.41, 5.74) is 0.980. The van der Waals surface area contributed by atoms with Crippen molar-refractivity contribution in [2.45, 2.75) is 26.3 Å². The second-order valence-corrected chi connectivity index (χ2v) is 7.23. The maximum absolute atomic E-state index is 12.8. The summed E-state index contributed by atoms with van der Waals surface area (Å²) in [4.78, 5) is 31.6. The van der Waals surface area contributed by atoms with Gasteiger partial charge in [0.05, 0.1) is 19.0 Å². The van der Waals surface area contributed by atoms with E-state index in [0.717, 1.165) is 37.4 Å². The first-order valence-corrected chi connectivity index (χ1v) is 9.42. The topological polar surface area (TPSA) is 82.2 Å². The predicted octanol–water partition coefficient (Wildman–Crippen LogP) is 1.85. The number of likely N-dealkylation sites (tertiary alicyclic amines) is 1. The van der Waals surface area contributed by atoms with Crippen molar-refractivity contribution < 1.29 is 9.53 Å². The van der Waals surface area contributed by atoms with E-state index in [0.29, 0.717) is 17.0 Å². The standard InChI is InChI=1S/C20H23N5O3/c1-14-7-9-23(10-8-14)18(26)12-24-13-21-19-17(20(24)27)11-22-25(19)15-3-5-16(28-2)6-4-15/h3-6,11,13-14H,7-10,12H2,1-2H3. The fraction of sp³-hybridized carbons (Fsp3) is 0.400. The first-order chi connectivity index (χ1) is 13.6. The molecule has 1 saturated heterocycles. The van der Waals surface area contributed by atoms with Crippen molar-refractivity contribution in [3.63, 3.8) is 0 Å². The second-order valence-electron chi connectivity index (χ2n) is 7.23. The molecule has 8 nitrogen and oxygen atoms in total.